The van der Waals surface area contributed by atoms with Crippen LogP contribution in [0, 0.1) is 23.2 Å². The van der Waals surface area contributed by atoms with E-state index in [1.165, 1.54) is 4.90 Å². The van der Waals surface area contributed by atoms with Gasteiger partial charge >= 0.3 is 6.09 Å². The molecule has 1 rings (SSSR count). The van der Waals surface area contributed by atoms with E-state index in [-0.39, 0.29) is 17.7 Å². The van der Waals surface area contributed by atoms with E-state index in [4.69, 9.17) is 10.4 Å². The predicted molar refractivity (Wildman–Crippen MR) is 55.5 cm³/mol. The normalized spacial score (nSPS) is 17.5. The van der Waals surface area contributed by atoms with Gasteiger partial charge in [0.05, 0.1) is 12.0 Å². The third-order valence-corrected chi connectivity index (χ3v) is 2.59. The van der Waals surface area contributed by atoms with Crippen LogP contribution >= 0.6 is 0 Å². The first kappa shape index (κ1) is 12.3. The Kier molecular flexibility index (Phi) is 3.72. The smallest absolute Gasteiger partial charge is 0.405 e. The largest absolute Gasteiger partial charge is 0.465 e. The number of nitriles is 1. The quantitative estimate of drug-likeness (QED) is 0.720. The van der Waals surface area contributed by atoms with E-state index >= 15 is 0 Å². The van der Waals surface area contributed by atoms with E-state index in [9.17, 15) is 9.59 Å². The zero-order valence-corrected chi connectivity index (χ0v) is 9.30. The van der Waals surface area contributed by atoms with E-state index < -0.39 is 12.1 Å². The van der Waals surface area contributed by atoms with Gasteiger partial charge in [-0.2, -0.15) is 5.26 Å². The molecule has 0 bridgehead atoms. The molecule has 6 heteroatoms. The number of hydrogen-bond acceptors (Lipinski definition) is 3. The number of rotatable bonds is 3. The molecule has 1 atom stereocenters. The zero-order chi connectivity index (χ0) is 12.3. The van der Waals surface area contributed by atoms with Crippen molar-refractivity contribution >= 4 is 12.0 Å². The molecule has 0 aromatic heterocycles. The second-order valence-corrected chi connectivity index (χ2v) is 4.24. The fourth-order valence-electron chi connectivity index (χ4n) is 1.58. The lowest BCUT2D eigenvalue weighted by Crippen LogP contribution is -2.58. The van der Waals surface area contributed by atoms with Gasteiger partial charge in [0.15, 0.2) is 0 Å². The number of hydrogen-bond donors (Lipinski definition) is 2. The summed E-state index contributed by atoms with van der Waals surface area (Å²) in [7, 11) is 0. The molecule has 2 amide bonds. The van der Waals surface area contributed by atoms with Crippen molar-refractivity contribution in [1.29, 1.82) is 5.26 Å². The fourth-order valence-corrected chi connectivity index (χ4v) is 1.58. The third-order valence-electron chi connectivity index (χ3n) is 2.59. The molecule has 1 fully saturated rings. The van der Waals surface area contributed by atoms with E-state index in [2.05, 4.69) is 11.4 Å². The maximum absolute atomic E-state index is 11.9. The Morgan fingerprint density at radius 3 is 2.44 bits per heavy atom. The van der Waals surface area contributed by atoms with Gasteiger partial charge in [-0.25, -0.2) is 4.79 Å². The Morgan fingerprint density at radius 1 is 1.50 bits per heavy atom. The van der Waals surface area contributed by atoms with Gasteiger partial charge in [-0.05, 0) is 5.92 Å². The van der Waals surface area contributed by atoms with Crippen LogP contribution in [0.25, 0.3) is 0 Å². The summed E-state index contributed by atoms with van der Waals surface area (Å²) >= 11 is 0. The highest BCUT2D eigenvalue weighted by molar-refractivity contribution is 5.86. The van der Waals surface area contributed by atoms with Crippen LogP contribution in [0.4, 0.5) is 4.79 Å². The first-order chi connectivity index (χ1) is 7.45. The van der Waals surface area contributed by atoms with Crippen molar-refractivity contribution in [3.63, 3.8) is 0 Å². The number of amides is 2. The Balaban J connectivity index is 2.56. The molecule has 1 saturated heterocycles. The highest BCUT2D eigenvalue weighted by Crippen LogP contribution is 2.17. The van der Waals surface area contributed by atoms with Crippen molar-refractivity contribution in [2.45, 2.75) is 19.9 Å². The molecule has 6 nitrogen and oxygen atoms in total. The van der Waals surface area contributed by atoms with Crippen LogP contribution in [-0.2, 0) is 4.79 Å². The minimum Gasteiger partial charge on any atom is -0.465 e. The summed E-state index contributed by atoms with van der Waals surface area (Å²) in [6.45, 7) is 4.36. The van der Waals surface area contributed by atoms with Crippen molar-refractivity contribution in [3.8, 4) is 6.07 Å². The molecular formula is C10H15N3O3. The van der Waals surface area contributed by atoms with Gasteiger partial charge in [0.25, 0.3) is 0 Å². The highest BCUT2D eigenvalue weighted by Gasteiger charge is 2.36. The van der Waals surface area contributed by atoms with E-state index in [1.54, 1.807) is 13.8 Å². The van der Waals surface area contributed by atoms with E-state index in [1.807, 2.05) is 0 Å². The standard InChI is InChI=1S/C10H15N3O3/c1-6(2)8(12-10(15)16)9(14)13-4-7(3-11)5-13/h6-8,12H,4-5H2,1-2H3,(H,15,16). The van der Waals surface area contributed by atoms with Crippen LogP contribution in [0.15, 0.2) is 0 Å². The second kappa shape index (κ2) is 4.84. The summed E-state index contributed by atoms with van der Waals surface area (Å²) in [5, 5.41) is 19.4. The summed E-state index contributed by atoms with van der Waals surface area (Å²) in [4.78, 5) is 23.9. The van der Waals surface area contributed by atoms with Gasteiger partial charge in [0.1, 0.15) is 6.04 Å². The summed E-state index contributed by atoms with van der Waals surface area (Å²) < 4.78 is 0. The molecule has 0 aromatic rings. The average Bonchev–Trinajstić information content (AvgIpc) is 2.11. The summed E-state index contributed by atoms with van der Waals surface area (Å²) in [5.74, 6) is -0.463. The second-order valence-electron chi connectivity index (χ2n) is 4.24. The lowest BCUT2D eigenvalue weighted by molar-refractivity contribution is -0.139. The van der Waals surface area contributed by atoms with Gasteiger partial charge in [0, 0.05) is 13.1 Å². The van der Waals surface area contributed by atoms with Crippen LogP contribution in [0.2, 0.25) is 0 Å². The molecule has 1 heterocycles. The summed E-state index contributed by atoms with van der Waals surface area (Å²) in [5.41, 5.74) is 0. The first-order valence-electron chi connectivity index (χ1n) is 5.13. The monoisotopic (exact) mass is 225 g/mol. The first-order valence-corrected chi connectivity index (χ1v) is 5.13. The van der Waals surface area contributed by atoms with E-state index in [0.717, 1.165) is 0 Å². The van der Waals surface area contributed by atoms with Gasteiger partial charge in [-0.1, -0.05) is 13.8 Å². The Bertz CT molecular complexity index is 329. The Hall–Kier alpha value is -1.77. The van der Waals surface area contributed by atoms with Crippen LogP contribution in [0.1, 0.15) is 13.8 Å². The number of nitrogens with one attached hydrogen (secondary N) is 1. The highest BCUT2D eigenvalue weighted by atomic mass is 16.4. The number of carbonyl (C=O) groups excluding carboxylic acids is 1. The molecule has 2 N–H and O–H groups in total. The number of nitrogens with zero attached hydrogens (tertiary/aromatic N) is 2. The van der Waals surface area contributed by atoms with E-state index in [0.29, 0.717) is 13.1 Å². The summed E-state index contributed by atoms with van der Waals surface area (Å²) in [6.07, 6.45) is -1.20. The molecule has 1 aliphatic rings. The molecular weight excluding hydrogens is 210 g/mol. The lowest BCUT2D eigenvalue weighted by Gasteiger charge is -2.38. The predicted octanol–water partition coefficient (Wildman–Crippen LogP) is 0.261. The molecule has 0 aliphatic carbocycles. The molecule has 0 saturated carbocycles. The molecule has 1 unspecified atom stereocenters. The number of carboxylic acid groups (broad SMARTS) is 1. The van der Waals surface area contributed by atoms with Crippen LogP contribution in [-0.4, -0.2) is 41.1 Å². The third kappa shape index (κ3) is 2.63. The summed E-state index contributed by atoms with van der Waals surface area (Å²) in [6, 6.07) is 1.34. The average molecular weight is 225 g/mol. The Morgan fingerprint density at radius 2 is 2.06 bits per heavy atom. The minimum absolute atomic E-state index is 0.107. The minimum atomic E-state index is -1.20. The van der Waals surface area contributed by atoms with Gasteiger partial charge in [-0.15, -0.1) is 0 Å². The molecule has 0 aromatic carbocycles. The maximum Gasteiger partial charge on any atom is 0.405 e. The molecule has 16 heavy (non-hydrogen) atoms. The fraction of sp³-hybridized carbons (Fsp3) is 0.700. The molecule has 0 radical (unpaired) electrons. The lowest BCUT2D eigenvalue weighted by atomic mass is 9.97. The van der Waals surface area contributed by atoms with Gasteiger partial charge in [-0.3, -0.25) is 4.79 Å². The molecule has 1 aliphatic heterocycles. The van der Waals surface area contributed by atoms with Crippen molar-refractivity contribution in [3.05, 3.63) is 0 Å². The van der Waals surface area contributed by atoms with Crippen molar-refractivity contribution in [1.82, 2.24) is 10.2 Å². The van der Waals surface area contributed by atoms with Crippen LogP contribution in [0.5, 0.6) is 0 Å². The van der Waals surface area contributed by atoms with Crippen molar-refractivity contribution < 1.29 is 14.7 Å². The number of likely N-dealkylation sites (tertiary alicyclic amines) is 1. The topological polar surface area (TPSA) is 93.4 Å². The van der Waals surface area contributed by atoms with Crippen LogP contribution in [0.3, 0.4) is 0 Å². The SMILES string of the molecule is CC(C)C(NC(=O)O)C(=O)N1CC(C#N)C1. The van der Waals surface area contributed by atoms with Gasteiger partial charge < -0.3 is 15.3 Å². The molecule has 0 spiro atoms. The number of carbonyl (C=O) groups is 2. The Labute approximate surface area is 93.8 Å². The zero-order valence-electron chi connectivity index (χ0n) is 9.30. The van der Waals surface area contributed by atoms with Crippen molar-refractivity contribution in [2.75, 3.05) is 13.1 Å². The van der Waals surface area contributed by atoms with Crippen molar-refractivity contribution in [2.24, 2.45) is 11.8 Å². The van der Waals surface area contributed by atoms with Crippen LogP contribution < -0.4 is 5.32 Å². The molecule has 88 valence electrons. The van der Waals surface area contributed by atoms with Gasteiger partial charge in [0.2, 0.25) is 5.91 Å². The maximum atomic E-state index is 11.9.